The van der Waals surface area contributed by atoms with Crippen LogP contribution in [0.25, 0.3) is 0 Å². The lowest BCUT2D eigenvalue weighted by Crippen LogP contribution is -2.66. The molecule has 0 spiro atoms. The molecule has 0 bridgehead atoms. The molecule has 2 rings (SSSR count). The summed E-state index contributed by atoms with van der Waals surface area (Å²) in [5.41, 5.74) is -1.08. The minimum atomic E-state index is -1.19. The van der Waals surface area contributed by atoms with E-state index in [-0.39, 0.29) is 11.7 Å². The Balaban J connectivity index is 1.78. The van der Waals surface area contributed by atoms with E-state index in [9.17, 15) is 19.5 Å². The molecule has 1 heterocycles. The van der Waals surface area contributed by atoms with Crippen LogP contribution in [-0.2, 0) is 4.79 Å². The number of nitrogens with zero attached hydrogens (tertiary/aromatic N) is 2. The number of piperazine rings is 1. The first-order valence-electron chi connectivity index (χ1n) is 10.7. The number of Topliss-reactive ketones (excluding diaryl/α,β-unsaturated/α-hetero) is 1. The largest absolute Gasteiger partial charge is 0.494 e. The number of nitrogens with one attached hydrogen (secondary N) is 1. The summed E-state index contributed by atoms with van der Waals surface area (Å²) in [5, 5.41) is 11.7. The molecule has 1 atom stereocenters. The van der Waals surface area contributed by atoms with E-state index in [0.717, 1.165) is 31.8 Å². The maximum atomic E-state index is 13.1. The number of benzene rings is 1. The van der Waals surface area contributed by atoms with E-state index < -0.39 is 17.0 Å². The van der Waals surface area contributed by atoms with Crippen LogP contribution in [0.1, 0.15) is 51.4 Å². The van der Waals surface area contributed by atoms with Gasteiger partial charge in [0.1, 0.15) is 11.3 Å². The average molecular weight is 434 g/mol. The van der Waals surface area contributed by atoms with Crippen molar-refractivity contribution < 1.29 is 24.2 Å². The molecule has 1 aromatic carbocycles. The van der Waals surface area contributed by atoms with Gasteiger partial charge in [-0.25, -0.2) is 4.79 Å². The van der Waals surface area contributed by atoms with Crippen LogP contribution in [0.2, 0.25) is 0 Å². The van der Waals surface area contributed by atoms with Gasteiger partial charge in [0.05, 0.1) is 6.61 Å². The van der Waals surface area contributed by atoms with Crippen molar-refractivity contribution in [2.75, 3.05) is 39.3 Å². The first kappa shape index (κ1) is 24.7. The number of carbonyl (C=O) groups excluding carboxylic acids is 2. The van der Waals surface area contributed by atoms with Crippen molar-refractivity contribution in [2.45, 2.75) is 46.6 Å². The standard InChI is InChI=1S/C23H35N3O5/c1-17(27)18-7-9-19(10-8-18)31-16-6-11-25-12-14-26(15-13-25)20(28)23(5,22(2,3)4)24-21(29)30/h7-10,24H,6,11-16H2,1-5H3,(H,29,30)/t23-/m1/s1. The highest BCUT2D eigenvalue weighted by atomic mass is 16.5. The highest BCUT2D eigenvalue weighted by Crippen LogP contribution is 2.32. The number of carbonyl (C=O) groups is 3. The molecular formula is C23H35N3O5. The number of amides is 2. The summed E-state index contributed by atoms with van der Waals surface area (Å²) < 4.78 is 5.74. The quantitative estimate of drug-likeness (QED) is 0.483. The molecule has 0 unspecified atom stereocenters. The topological polar surface area (TPSA) is 99.2 Å². The lowest BCUT2D eigenvalue weighted by atomic mass is 9.73. The minimum Gasteiger partial charge on any atom is -0.494 e. The number of hydrogen-bond acceptors (Lipinski definition) is 5. The zero-order valence-corrected chi connectivity index (χ0v) is 19.2. The number of ketones is 1. The van der Waals surface area contributed by atoms with Gasteiger partial charge in [0.25, 0.3) is 0 Å². The Morgan fingerprint density at radius 1 is 1.03 bits per heavy atom. The normalized spacial score (nSPS) is 17.0. The van der Waals surface area contributed by atoms with E-state index in [2.05, 4.69) is 10.2 Å². The molecule has 1 fully saturated rings. The van der Waals surface area contributed by atoms with Gasteiger partial charge in [-0.05, 0) is 49.9 Å². The molecule has 0 saturated carbocycles. The maximum Gasteiger partial charge on any atom is 0.405 e. The third-order valence-electron chi connectivity index (χ3n) is 6.09. The molecule has 1 aliphatic heterocycles. The van der Waals surface area contributed by atoms with Crippen LogP contribution < -0.4 is 10.1 Å². The Kier molecular flexibility index (Phi) is 8.06. The zero-order valence-electron chi connectivity index (χ0n) is 19.2. The molecule has 2 N–H and O–H groups in total. The van der Waals surface area contributed by atoms with Crippen LogP contribution in [0.15, 0.2) is 24.3 Å². The summed E-state index contributed by atoms with van der Waals surface area (Å²) >= 11 is 0. The molecular weight excluding hydrogens is 398 g/mol. The van der Waals surface area contributed by atoms with Crippen molar-refractivity contribution in [1.82, 2.24) is 15.1 Å². The number of carboxylic acid groups (broad SMARTS) is 1. The molecule has 0 aromatic heterocycles. The van der Waals surface area contributed by atoms with Crippen molar-refractivity contribution in [3.05, 3.63) is 29.8 Å². The first-order valence-corrected chi connectivity index (χ1v) is 10.7. The molecule has 0 aliphatic carbocycles. The van der Waals surface area contributed by atoms with E-state index in [4.69, 9.17) is 4.74 Å². The van der Waals surface area contributed by atoms with Crippen molar-refractivity contribution in [3.8, 4) is 5.75 Å². The second-order valence-electron chi connectivity index (χ2n) is 9.22. The monoisotopic (exact) mass is 433 g/mol. The van der Waals surface area contributed by atoms with Crippen LogP contribution in [0.3, 0.4) is 0 Å². The Labute approximate surface area is 184 Å². The molecule has 2 amide bonds. The fourth-order valence-corrected chi connectivity index (χ4v) is 3.53. The smallest absolute Gasteiger partial charge is 0.405 e. The summed E-state index contributed by atoms with van der Waals surface area (Å²) in [7, 11) is 0. The summed E-state index contributed by atoms with van der Waals surface area (Å²) in [6, 6.07) is 7.13. The van der Waals surface area contributed by atoms with Crippen molar-refractivity contribution in [3.63, 3.8) is 0 Å². The van der Waals surface area contributed by atoms with Gasteiger partial charge in [0.15, 0.2) is 5.78 Å². The lowest BCUT2D eigenvalue weighted by Gasteiger charge is -2.45. The summed E-state index contributed by atoms with van der Waals surface area (Å²) in [6.45, 7) is 12.9. The fourth-order valence-electron chi connectivity index (χ4n) is 3.53. The van der Waals surface area contributed by atoms with Gasteiger partial charge in [-0.3, -0.25) is 14.5 Å². The van der Waals surface area contributed by atoms with Crippen LogP contribution in [0.4, 0.5) is 4.79 Å². The Morgan fingerprint density at radius 2 is 1.61 bits per heavy atom. The van der Waals surface area contributed by atoms with Gasteiger partial charge in [-0.2, -0.15) is 0 Å². The third kappa shape index (κ3) is 6.43. The van der Waals surface area contributed by atoms with Crippen molar-refractivity contribution >= 4 is 17.8 Å². The van der Waals surface area contributed by atoms with E-state index in [1.807, 2.05) is 20.8 Å². The van der Waals surface area contributed by atoms with E-state index in [0.29, 0.717) is 25.3 Å². The molecule has 0 radical (unpaired) electrons. The lowest BCUT2D eigenvalue weighted by molar-refractivity contribution is -0.143. The van der Waals surface area contributed by atoms with Crippen molar-refractivity contribution in [2.24, 2.45) is 5.41 Å². The van der Waals surface area contributed by atoms with Crippen LogP contribution in [-0.4, -0.2) is 77.6 Å². The molecule has 172 valence electrons. The minimum absolute atomic E-state index is 0.0331. The maximum absolute atomic E-state index is 13.1. The van der Waals surface area contributed by atoms with Gasteiger partial charge in [0.2, 0.25) is 5.91 Å². The molecule has 31 heavy (non-hydrogen) atoms. The molecule has 1 aliphatic rings. The second-order valence-corrected chi connectivity index (χ2v) is 9.22. The Morgan fingerprint density at radius 3 is 2.10 bits per heavy atom. The second kappa shape index (κ2) is 10.1. The number of hydrogen-bond donors (Lipinski definition) is 2. The Hall–Kier alpha value is -2.61. The number of ether oxygens (including phenoxy) is 1. The van der Waals surface area contributed by atoms with Gasteiger partial charge in [-0.1, -0.05) is 20.8 Å². The highest BCUT2D eigenvalue weighted by molar-refractivity contribution is 5.94. The Bertz CT molecular complexity index is 779. The summed E-state index contributed by atoms with van der Waals surface area (Å²) in [4.78, 5) is 39.8. The molecule has 8 heteroatoms. The molecule has 1 aromatic rings. The summed E-state index contributed by atoms with van der Waals surface area (Å²) in [5.74, 6) is 0.595. The SMILES string of the molecule is CC(=O)c1ccc(OCCCN2CCN(C(=O)[C@@](C)(NC(=O)O)C(C)(C)C)CC2)cc1. The van der Waals surface area contributed by atoms with Gasteiger partial charge >= 0.3 is 6.09 Å². The van der Waals surface area contributed by atoms with Crippen molar-refractivity contribution in [1.29, 1.82) is 0 Å². The van der Waals surface area contributed by atoms with Gasteiger partial charge in [-0.15, -0.1) is 0 Å². The fraction of sp³-hybridized carbons (Fsp3) is 0.609. The molecule has 1 saturated heterocycles. The third-order valence-corrected chi connectivity index (χ3v) is 6.09. The van der Waals surface area contributed by atoms with E-state index >= 15 is 0 Å². The zero-order chi connectivity index (χ0) is 23.2. The molecule has 8 nitrogen and oxygen atoms in total. The highest BCUT2D eigenvalue weighted by Gasteiger charge is 2.48. The van der Waals surface area contributed by atoms with Gasteiger partial charge < -0.3 is 20.1 Å². The average Bonchev–Trinajstić information content (AvgIpc) is 2.70. The summed E-state index contributed by atoms with van der Waals surface area (Å²) in [6.07, 6.45) is -0.344. The van der Waals surface area contributed by atoms with E-state index in [1.165, 1.54) is 6.92 Å². The first-order chi connectivity index (χ1) is 14.4. The van der Waals surface area contributed by atoms with Crippen LogP contribution in [0, 0.1) is 5.41 Å². The van der Waals surface area contributed by atoms with Crippen LogP contribution >= 0.6 is 0 Å². The predicted molar refractivity (Wildman–Crippen MR) is 119 cm³/mol. The van der Waals surface area contributed by atoms with E-state index in [1.54, 1.807) is 36.1 Å². The predicted octanol–water partition coefficient (Wildman–Crippen LogP) is 2.87. The number of rotatable bonds is 8. The van der Waals surface area contributed by atoms with Gasteiger partial charge in [0, 0.05) is 38.3 Å². The van der Waals surface area contributed by atoms with Crippen LogP contribution in [0.5, 0.6) is 5.75 Å².